The van der Waals surface area contributed by atoms with Crippen LogP contribution in [0.15, 0.2) is 29.5 Å². The van der Waals surface area contributed by atoms with Crippen LogP contribution in [0.2, 0.25) is 10.0 Å². The Labute approximate surface area is 207 Å². The molecule has 2 heterocycles. The van der Waals surface area contributed by atoms with Gasteiger partial charge < -0.3 is 0 Å². The van der Waals surface area contributed by atoms with E-state index in [9.17, 15) is 14.9 Å². The molecule has 1 aromatic carbocycles. The molecule has 1 atom stereocenters. The van der Waals surface area contributed by atoms with Crippen LogP contribution in [0.5, 0.6) is 0 Å². The van der Waals surface area contributed by atoms with Crippen LogP contribution in [0.4, 0.5) is 5.00 Å². The molecule has 5 rings (SSSR count). The van der Waals surface area contributed by atoms with E-state index in [1.807, 2.05) is 6.07 Å². The van der Waals surface area contributed by atoms with Gasteiger partial charge in [0.25, 0.3) is 0 Å². The molecule has 0 fully saturated rings. The fraction of sp³-hybridized carbons (Fsp3) is 0.423. The summed E-state index contributed by atoms with van der Waals surface area (Å²) in [6, 6.07) is 7.74. The summed E-state index contributed by atoms with van der Waals surface area (Å²) in [6.07, 6.45) is 5.08. The summed E-state index contributed by atoms with van der Waals surface area (Å²) in [5.74, 6) is -0.492. The molecule has 1 aromatic heterocycles. The molecule has 2 aromatic rings. The van der Waals surface area contributed by atoms with Crippen molar-refractivity contribution in [2.24, 2.45) is 5.41 Å². The van der Waals surface area contributed by atoms with Gasteiger partial charge in [-0.15, -0.1) is 11.3 Å². The number of hydrogen-bond acceptors (Lipinski definition) is 4. The van der Waals surface area contributed by atoms with Crippen LogP contribution in [0.25, 0.3) is 0 Å². The van der Waals surface area contributed by atoms with Crippen molar-refractivity contribution in [3.05, 3.63) is 61.1 Å². The van der Waals surface area contributed by atoms with Gasteiger partial charge in [0.05, 0.1) is 15.6 Å². The summed E-state index contributed by atoms with van der Waals surface area (Å²) in [5.41, 5.74) is 3.49. The monoisotopic (exact) mass is 498 g/mol. The summed E-state index contributed by atoms with van der Waals surface area (Å²) in [6.45, 7) is 4.11. The Morgan fingerprint density at radius 1 is 1.15 bits per heavy atom. The molecular formula is C26H24Cl2N2O2S. The zero-order valence-corrected chi connectivity index (χ0v) is 21.0. The van der Waals surface area contributed by atoms with Gasteiger partial charge in [0.2, 0.25) is 5.91 Å². The number of ketones is 1. The number of aryl methyl sites for hydroxylation is 1. The highest BCUT2D eigenvalue weighted by Crippen LogP contribution is 2.52. The van der Waals surface area contributed by atoms with Crippen LogP contribution in [-0.4, -0.2) is 11.7 Å². The molecule has 1 aliphatic heterocycles. The highest BCUT2D eigenvalue weighted by atomic mass is 35.5. The van der Waals surface area contributed by atoms with Crippen LogP contribution in [-0.2, 0) is 22.4 Å². The van der Waals surface area contributed by atoms with Gasteiger partial charge in [0.15, 0.2) is 5.78 Å². The maximum Gasteiger partial charge on any atom is 0.232 e. The highest BCUT2D eigenvalue weighted by Gasteiger charge is 2.46. The van der Waals surface area contributed by atoms with E-state index in [1.165, 1.54) is 4.88 Å². The molecule has 0 saturated heterocycles. The predicted molar refractivity (Wildman–Crippen MR) is 132 cm³/mol. The zero-order chi connectivity index (χ0) is 23.5. The van der Waals surface area contributed by atoms with Gasteiger partial charge >= 0.3 is 0 Å². The number of hydrogen-bond donors (Lipinski definition) is 0. The van der Waals surface area contributed by atoms with Gasteiger partial charge in [0.1, 0.15) is 11.1 Å². The van der Waals surface area contributed by atoms with Crippen molar-refractivity contribution < 1.29 is 9.59 Å². The second kappa shape index (κ2) is 8.27. The van der Waals surface area contributed by atoms with Crippen molar-refractivity contribution in [3.8, 4) is 6.07 Å². The minimum absolute atomic E-state index is 0.0413. The minimum Gasteiger partial charge on any atom is -0.294 e. The summed E-state index contributed by atoms with van der Waals surface area (Å²) in [4.78, 5) is 30.2. The minimum atomic E-state index is -0.432. The quantitative estimate of drug-likeness (QED) is 0.448. The molecule has 0 unspecified atom stereocenters. The zero-order valence-electron chi connectivity index (χ0n) is 18.6. The molecule has 3 aliphatic rings. The number of fused-ring (bicyclic) bond motifs is 1. The largest absolute Gasteiger partial charge is 0.294 e. The molecule has 0 saturated carbocycles. The maximum absolute atomic E-state index is 13.7. The van der Waals surface area contributed by atoms with Gasteiger partial charge in [-0.2, -0.15) is 5.26 Å². The molecule has 0 bridgehead atoms. The fourth-order valence-electron chi connectivity index (χ4n) is 5.53. The Morgan fingerprint density at radius 2 is 1.91 bits per heavy atom. The number of thiophene rings is 1. The van der Waals surface area contributed by atoms with Gasteiger partial charge in [-0.25, -0.2) is 0 Å². The first-order chi connectivity index (χ1) is 15.7. The van der Waals surface area contributed by atoms with Crippen molar-refractivity contribution >= 4 is 51.2 Å². The summed E-state index contributed by atoms with van der Waals surface area (Å²) in [7, 11) is 0. The number of benzene rings is 1. The van der Waals surface area contributed by atoms with E-state index < -0.39 is 5.92 Å². The number of carbonyl (C=O) groups is 2. The first-order valence-electron chi connectivity index (χ1n) is 11.3. The van der Waals surface area contributed by atoms with E-state index in [4.69, 9.17) is 23.2 Å². The van der Waals surface area contributed by atoms with Crippen LogP contribution >= 0.6 is 34.5 Å². The average Bonchev–Trinajstić information content (AvgIpc) is 3.12. The standard InChI is InChI=1S/C26H24Cl2N2O2S/c1-26(2)11-19-23(20(31)12-26)16(15-7-5-8-18(27)24(15)28)10-22(32)30(19)25-17(13-29)14-6-3-4-9-21(14)33-25/h5,7-8,16H,3-4,6,9-12H2,1-2H3/t16-/m0/s1. The van der Waals surface area contributed by atoms with Crippen LogP contribution < -0.4 is 4.90 Å². The number of allylic oxidation sites excluding steroid dienone is 2. The maximum atomic E-state index is 13.7. The van der Waals surface area contributed by atoms with Crippen molar-refractivity contribution in [1.29, 1.82) is 5.26 Å². The number of anilines is 1. The van der Waals surface area contributed by atoms with Crippen molar-refractivity contribution in [2.45, 2.75) is 64.7 Å². The van der Waals surface area contributed by atoms with Crippen molar-refractivity contribution in [2.75, 3.05) is 4.90 Å². The summed E-state index contributed by atoms with van der Waals surface area (Å²) >= 11 is 14.4. The molecule has 170 valence electrons. The third-order valence-electron chi connectivity index (χ3n) is 6.97. The predicted octanol–water partition coefficient (Wildman–Crippen LogP) is 6.97. The SMILES string of the molecule is CC1(C)CC(=O)C2=C(C1)N(c1sc3c(c1C#N)CCCC3)C(=O)C[C@H]2c1cccc(Cl)c1Cl. The molecule has 0 spiro atoms. The second-order valence-corrected chi connectivity index (χ2v) is 11.8. The van der Waals surface area contributed by atoms with Gasteiger partial charge in [-0.3, -0.25) is 14.5 Å². The highest BCUT2D eigenvalue weighted by molar-refractivity contribution is 7.16. The molecule has 33 heavy (non-hydrogen) atoms. The van der Waals surface area contributed by atoms with Crippen LogP contribution in [0.3, 0.4) is 0 Å². The van der Waals surface area contributed by atoms with Crippen LogP contribution in [0, 0.1) is 16.7 Å². The molecule has 0 radical (unpaired) electrons. The van der Waals surface area contributed by atoms with Crippen molar-refractivity contribution in [3.63, 3.8) is 0 Å². The average molecular weight is 499 g/mol. The number of nitrogens with zero attached hydrogens (tertiary/aromatic N) is 2. The van der Waals surface area contributed by atoms with Crippen LogP contribution in [0.1, 0.15) is 73.4 Å². The molecular weight excluding hydrogens is 475 g/mol. The lowest BCUT2D eigenvalue weighted by Crippen LogP contribution is -2.43. The van der Waals surface area contributed by atoms with Gasteiger partial charge in [-0.1, -0.05) is 49.2 Å². The smallest absolute Gasteiger partial charge is 0.232 e. The Morgan fingerprint density at radius 3 is 2.67 bits per heavy atom. The first-order valence-corrected chi connectivity index (χ1v) is 12.9. The molecule has 0 N–H and O–H groups in total. The Bertz CT molecular complexity index is 1270. The number of Topliss-reactive ketones (excluding diaryl/α,β-unsaturated/α-hetero) is 1. The summed E-state index contributed by atoms with van der Waals surface area (Å²) in [5, 5.41) is 11.5. The Kier molecular flexibility index (Phi) is 5.68. The van der Waals surface area contributed by atoms with E-state index in [2.05, 4.69) is 19.9 Å². The number of halogens is 2. The lowest BCUT2D eigenvalue weighted by atomic mass is 9.69. The molecule has 4 nitrogen and oxygen atoms in total. The number of amides is 1. The normalized spacial score (nSPS) is 22.2. The van der Waals surface area contributed by atoms with E-state index >= 15 is 0 Å². The fourth-order valence-corrected chi connectivity index (χ4v) is 7.35. The van der Waals surface area contributed by atoms with Gasteiger partial charge in [-0.05, 0) is 54.7 Å². The van der Waals surface area contributed by atoms with E-state index in [-0.39, 0.29) is 23.5 Å². The Balaban J connectivity index is 1.73. The number of carbonyl (C=O) groups excluding carboxylic acids is 2. The molecule has 1 amide bonds. The van der Waals surface area contributed by atoms with Gasteiger partial charge in [0, 0.05) is 34.9 Å². The third kappa shape index (κ3) is 3.73. The molecule has 7 heteroatoms. The Hall–Kier alpha value is -2.13. The number of nitriles is 1. The van der Waals surface area contributed by atoms with Crippen molar-refractivity contribution in [1.82, 2.24) is 0 Å². The van der Waals surface area contributed by atoms with E-state index in [1.54, 1.807) is 28.4 Å². The lowest BCUT2D eigenvalue weighted by molar-refractivity contribution is -0.120. The number of rotatable bonds is 2. The third-order valence-corrected chi connectivity index (χ3v) is 9.08. The van der Waals surface area contributed by atoms with E-state index in [0.29, 0.717) is 44.6 Å². The second-order valence-electron chi connectivity index (χ2n) is 9.93. The lowest BCUT2D eigenvalue weighted by Gasteiger charge is -2.42. The summed E-state index contributed by atoms with van der Waals surface area (Å²) < 4.78 is 0. The molecule has 2 aliphatic carbocycles. The first kappa shape index (κ1) is 22.7. The van der Waals surface area contributed by atoms with E-state index in [0.717, 1.165) is 36.9 Å². The topological polar surface area (TPSA) is 61.2 Å².